The second kappa shape index (κ2) is 5.16. The number of carbonyl (C=O) groups is 1. The van der Waals surface area contributed by atoms with Crippen molar-refractivity contribution in [2.24, 2.45) is 11.7 Å². The Labute approximate surface area is 109 Å². The van der Waals surface area contributed by atoms with Gasteiger partial charge in [-0.2, -0.15) is 0 Å². The Hall–Kier alpha value is -0.910. The van der Waals surface area contributed by atoms with Crippen LogP contribution in [0.25, 0.3) is 0 Å². The fourth-order valence-corrected chi connectivity index (χ4v) is 2.17. The van der Waals surface area contributed by atoms with Crippen LogP contribution in [0.2, 0.25) is 0 Å². The molecular weight excluding hydrogens is 284 g/mol. The third kappa shape index (κ3) is 2.68. The number of nitrogens with one attached hydrogen (secondary N) is 1. The molecule has 92 valence electrons. The van der Waals surface area contributed by atoms with Crippen LogP contribution in [0, 0.1) is 12.8 Å². The Balaban J connectivity index is 2.10. The number of amides is 1. The molecule has 1 fully saturated rings. The minimum atomic E-state index is -0.262. The maximum atomic E-state index is 12.0. The summed E-state index contributed by atoms with van der Waals surface area (Å²) >= 11 is 3.46. The molecule has 4 nitrogen and oxygen atoms in total. The third-order valence-electron chi connectivity index (χ3n) is 2.91. The number of halogens is 1. The maximum Gasteiger partial charge on any atom is 0.231 e. The molecule has 1 saturated heterocycles. The van der Waals surface area contributed by atoms with Gasteiger partial charge in [0.1, 0.15) is 0 Å². The average Bonchev–Trinajstić information content (AvgIpc) is 2.71. The minimum Gasteiger partial charge on any atom is -0.379 e. The molecule has 5 heteroatoms. The van der Waals surface area contributed by atoms with Gasteiger partial charge < -0.3 is 15.8 Å². The Kier molecular flexibility index (Phi) is 3.81. The molecule has 0 spiro atoms. The first-order valence-electron chi connectivity index (χ1n) is 5.49. The van der Waals surface area contributed by atoms with Gasteiger partial charge in [0.2, 0.25) is 5.91 Å². The zero-order valence-corrected chi connectivity index (χ0v) is 11.2. The summed E-state index contributed by atoms with van der Waals surface area (Å²) in [5, 5.41) is 2.88. The molecule has 1 aliphatic heterocycles. The minimum absolute atomic E-state index is 0.0821. The van der Waals surface area contributed by atoms with E-state index in [1.165, 1.54) is 0 Å². The van der Waals surface area contributed by atoms with Gasteiger partial charge in [-0.1, -0.05) is 12.1 Å². The summed E-state index contributed by atoms with van der Waals surface area (Å²) in [4.78, 5) is 12.0. The highest BCUT2D eigenvalue weighted by molar-refractivity contribution is 9.10. The third-order valence-corrected chi connectivity index (χ3v) is 3.96. The van der Waals surface area contributed by atoms with Crippen LogP contribution in [-0.4, -0.2) is 25.2 Å². The van der Waals surface area contributed by atoms with Crippen molar-refractivity contribution in [3.05, 3.63) is 28.2 Å². The summed E-state index contributed by atoms with van der Waals surface area (Å²) in [7, 11) is 0. The Morgan fingerprint density at radius 2 is 2.29 bits per heavy atom. The summed E-state index contributed by atoms with van der Waals surface area (Å²) in [6, 6.07) is 5.53. The molecule has 0 radical (unpaired) electrons. The lowest BCUT2D eigenvalue weighted by atomic mass is 10.0. The first-order chi connectivity index (χ1) is 8.09. The van der Waals surface area contributed by atoms with Gasteiger partial charge in [-0.05, 0) is 34.5 Å². The molecule has 0 aliphatic carbocycles. The normalized spacial score (nSPS) is 23.7. The lowest BCUT2D eigenvalue weighted by Gasteiger charge is -2.14. The summed E-state index contributed by atoms with van der Waals surface area (Å²) in [6.45, 7) is 2.83. The van der Waals surface area contributed by atoms with Gasteiger partial charge in [0.15, 0.2) is 0 Å². The van der Waals surface area contributed by atoms with Gasteiger partial charge in [-0.25, -0.2) is 0 Å². The van der Waals surface area contributed by atoms with Crippen LogP contribution in [0.4, 0.5) is 5.69 Å². The van der Waals surface area contributed by atoms with Crippen LogP contribution in [-0.2, 0) is 9.53 Å². The number of hydrogen-bond donors (Lipinski definition) is 2. The zero-order chi connectivity index (χ0) is 12.4. The van der Waals surface area contributed by atoms with Crippen molar-refractivity contribution in [2.45, 2.75) is 13.0 Å². The van der Waals surface area contributed by atoms with Gasteiger partial charge in [0.05, 0.1) is 24.8 Å². The predicted octanol–water partition coefficient (Wildman–Crippen LogP) is 1.67. The fraction of sp³-hybridized carbons (Fsp3) is 0.417. The number of benzene rings is 1. The molecule has 2 rings (SSSR count). The van der Waals surface area contributed by atoms with E-state index >= 15 is 0 Å². The molecule has 1 aromatic carbocycles. The fourth-order valence-electron chi connectivity index (χ4n) is 1.81. The van der Waals surface area contributed by atoms with E-state index in [0.29, 0.717) is 13.2 Å². The summed E-state index contributed by atoms with van der Waals surface area (Å²) in [5.41, 5.74) is 7.65. The van der Waals surface area contributed by atoms with Crippen LogP contribution >= 0.6 is 15.9 Å². The Morgan fingerprint density at radius 3 is 2.94 bits per heavy atom. The van der Waals surface area contributed by atoms with Gasteiger partial charge in [0, 0.05) is 10.5 Å². The van der Waals surface area contributed by atoms with Gasteiger partial charge in [-0.15, -0.1) is 0 Å². The van der Waals surface area contributed by atoms with Crippen LogP contribution in [0.1, 0.15) is 5.56 Å². The van der Waals surface area contributed by atoms with Gasteiger partial charge in [0.25, 0.3) is 0 Å². The van der Waals surface area contributed by atoms with Crippen molar-refractivity contribution in [1.29, 1.82) is 0 Å². The first kappa shape index (κ1) is 12.5. The molecule has 1 aromatic rings. The van der Waals surface area contributed by atoms with Crippen molar-refractivity contribution >= 4 is 27.5 Å². The molecule has 17 heavy (non-hydrogen) atoms. The SMILES string of the molecule is Cc1cccc(NC(=O)C2COCC2N)c1Br. The van der Waals surface area contributed by atoms with Crippen molar-refractivity contribution < 1.29 is 9.53 Å². The average molecular weight is 299 g/mol. The van der Waals surface area contributed by atoms with Crippen LogP contribution < -0.4 is 11.1 Å². The van der Waals surface area contributed by atoms with E-state index in [-0.39, 0.29) is 17.9 Å². The van der Waals surface area contributed by atoms with Crippen molar-refractivity contribution in [3.8, 4) is 0 Å². The second-order valence-corrected chi connectivity index (χ2v) is 5.03. The summed E-state index contributed by atoms with van der Waals surface area (Å²) < 4.78 is 6.09. The standard InChI is InChI=1S/C12H15BrN2O2/c1-7-3-2-4-10(11(7)13)15-12(16)8-5-17-6-9(8)14/h2-4,8-9H,5-6,14H2,1H3,(H,15,16). The molecule has 1 amide bonds. The van der Waals surface area contributed by atoms with E-state index in [9.17, 15) is 4.79 Å². The number of aryl methyl sites for hydroxylation is 1. The van der Waals surface area contributed by atoms with E-state index in [1.54, 1.807) is 0 Å². The number of carbonyl (C=O) groups excluding carboxylic acids is 1. The lowest BCUT2D eigenvalue weighted by Crippen LogP contribution is -2.37. The van der Waals surface area contributed by atoms with E-state index in [4.69, 9.17) is 10.5 Å². The number of rotatable bonds is 2. The van der Waals surface area contributed by atoms with Crippen molar-refractivity contribution in [3.63, 3.8) is 0 Å². The number of ether oxygens (including phenoxy) is 1. The quantitative estimate of drug-likeness (QED) is 0.873. The molecule has 1 heterocycles. The van der Waals surface area contributed by atoms with Crippen LogP contribution in [0.3, 0.4) is 0 Å². The molecule has 2 unspecified atom stereocenters. The van der Waals surface area contributed by atoms with Gasteiger partial charge >= 0.3 is 0 Å². The topological polar surface area (TPSA) is 64.3 Å². The first-order valence-corrected chi connectivity index (χ1v) is 6.28. The molecule has 3 N–H and O–H groups in total. The highest BCUT2D eigenvalue weighted by atomic mass is 79.9. The highest BCUT2D eigenvalue weighted by Gasteiger charge is 2.31. The molecule has 2 atom stereocenters. The lowest BCUT2D eigenvalue weighted by molar-refractivity contribution is -0.120. The molecule has 0 saturated carbocycles. The second-order valence-electron chi connectivity index (χ2n) is 4.23. The van der Waals surface area contributed by atoms with E-state index < -0.39 is 0 Å². The smallest absolute Gasteiger partial charge is 0.231 e. The molecule has 0 bridgehead atoms. The maximum absolute atomic E-state index is 12.0. The Morgan fingerprint density at radius 1 is 1.53 bits per heavy atom. The molecule has 1 aliphatic rings. The molecule has 0 aromatic heterocycles. The number of anilines is 1. The van der Waals surface area contributed by atoms with E-state index in [2.05, 4.69) is 21.2 Å². The molecular formula is C12H15BrN2O2. The zero-order valence-electron chi connectivity index (χ0n) is 9.57. The largest absolute Gasteiger partial charge is 0.379 e. The van der Waals surface area contributed by atoms with Crippen LogP contribution in [0.15, 0.2) is 22.7 Å². The summed E-state index contributed by atoms with van der Waals surface area (Å²) in [6.07, 6.45) is 0. The Bertz CT molecular complexity index is 437. The monoisotopic (exact) mass is 298 g/mol. The predicted molar refractivity (Wildman–Crippen MR) is 69.8 cm³/mol. The van der Waals surface area contributed by atoms with Crippen LogP contribution in [0.5, 0.6) is 0 Å². The van der Waals surface area contributed by atoms with Gasteiger partial charge in [-0.3, -0.25) is 4.79 Å². The van der Waals surface area contributed by atoms with E-state index in [1.807, 2.05) is 25.1 Å². The summed E-state index contributed by atoms with van der Waals surface area (Å²) in [5.74, 6) is -0.344. The van der Waals surface area contributed by atoms with Crippen molar-refractivity contribution in [2.75, 3.05) is 18.5 Å². The number of nitrogens with two attached hydrogens (primary N) is 1. The van der Waals surface area contributed by atoms with E-state index in [0.717, 1.165) is 15.7 Å². The highest BCUT2D eigenvalue weighted by Crippen LogP contribution is 2.26. The number of hydrogen-bond acceptors (Lipinski definition) is 3. The van der Waals surface area contributed by atoms with Crippen molar-refractivity contribution in [1.82, 2.24) is 0 Å².